The van der Waals surface area contributed by atoms with Gasteiger partial charge in [-0.1, -0.05) is 6.07 Å². The third-order valence-electron chi connectivity index (χ3n) is 12.2. The van der Waals surface area contributed by atoms with E-state index in [1.54, 1.807) is 12.0 Å². The highest BCUT2D eigenvalue weighted by Gasteiger charge is 2.40. The lowest BCUT2D eigenvalue weighted by atomic mass is 9.85. The number of ether oxygens (including phenoxy) is 1. The maximum atomic E-state index is 15.5. The molecule has 0 spiro atoms. The highest BCUT2D eigenvalue weighted by molar-refractivity contribution is 7.89. The first-order chi connectivity index (χ1) is 29.3. The van der Waals surface area contributed by atoms with Gasteiger partial charge in [0.1, 0.15) is 17.2 Å². The summed E-state index contributed by atoms with van der Waals surface area (Å²) in [5.41, 5.74) is -2.62. The molecule has 3 aliphatic heterocycles. The Bertz CT molecular complexity index is 2260. The Morgan fingerprint density at radius 1 is 1.00 bits per heavy atom. The highest BCUT2D eigenvalue weighted by atomic mass is 32.2. The third-order valence-corrected chi connectivity index (χ3v) is 13.7. The van der Waals surface area contributed by atoms with Crippen molar-refractivity contribution in [2.75, 3.05) is 68.1 Å². The van der Waals surface area contributed by atoms with E-state index in [0.29, 0.717) is 77.5 Å². The number of anilines is 4. The van der Waals surface area contributed by atoms with E-state index in [9.17, 15) is 36.3 Å². The van der Waals surface area contributed by atoms with Crippen LogP contribution in [0.15, 0.2) is 41.4 Å². The average Bonchev–Trinajstić information content (AvgIpc) is 3.20. The van der Waals surface area contributed by atoms with Gasteiger partial charge in [-0.05, 0) is 82.1 Å². The predicted molar refractivity (Wildman–Crippen MR) is 216 cm³/mol. The Balaban J connectivity index is 0.933. The number of carbonyl (C=O) groups excluding carboxylic acids is 2. The van der Waals surface area contributed by atoms with Crippen molar-refractivity contribution in [2.24, 2.45) is 5.92 Å². The molecule has 0 radical (unpaired) electrons. The van der Waals surface area contributed by atoms with Crippen LogP contribution in [0, 0.1) is 23.4 Å². The fraction of sp³-hybridized carbons (Fsp3) is 0.561. The first-order valence-electron chi connectivity index (χ1n) is 20.6. The lowest BCUT2D eigenvalue weighted by molar-refractivity contribution is -0.138. The van der Waals surface area contributed by atoms with Crippen molar-refractivity contribution in [2.45, 2.75) is 93.0 Å². The normalized spacial score (nSPS) is 25.5. The number of nitrogens with zero attached hydrogens (tertiary/aromatic N) is 5. The summed E-state index contributed by atoms with van der Waals surface area (Å²) in [5.74, 6) is -5.82. The number of sulfonamides is 1. The Kier molecular flexibility index (Phi) is 13.4. The van der Waals surface area contributed by atoms with Gasteiger partial charge in [-0.25, -0.2) is 31.3 Å². The molecule has 3 atom stereocenters. The summed E-state index contributed by atoms with van der Waals surface area (Å²) >= 11 is 0. The number of carbonyl (C=O) groups is 2. The van der Waals surface area contributed by atoms with E-state index in [1.165, 1.54) is 30.0 Å². The minimum absolute atomic E-state index is 0.0391. The van der Waals surface area contributed by atoms with Crippen LogP contribution in [-0.2, 0) is 30.5 Å². The molecule has 3 aromatic rings. The number of nitrogens with one attached hydrogen (secondary N) is 3. The maximum Gasteiger partial charge on any atom is 0.421 e. The summed E-state index contributed by atoms with van der Waals surface area (Å²) in [6.45, 7) is 3.91. The van der Waals surface area contributed by atoms with E-state index in [4.69, 9.17) is 4.74 Å². The molecule has 7 rings (SSSR count). The van der Waals surface area contributed by atoms with Crippen molar-refractivity contribution < 1.29 is 54.2 Å². The van der Waals surface area contributed by atoms with Crippen LogP contribution in [0.1, 0.15) is 75.3 Å². The zero-order valence-electron chi connectivity index (χ0n) is 34.3. The molecule has 0 bridgehead atoms. The number of alkyl halides is 3. The molecule has 21 heteroatoms. The number of piperidine rings is 2. The minimum Gasteiger partial charge on any atom is -0.388 e. The quantitative estimate of drug-likeness (QED) is 0.139. The van der Waals surface area contributed by atoms with Crippen LogP contribution in [0.4, 0.5) is 49.5 Å². The summed E-state index contributed by atoms with van der Waals surface area (Å²) in [7, 11) is -2.61. The number of rotatable bonds is 12. The molecule has 4 N–H and O–H groups in total. The van der Waals surface area contributed by atoms with Crippen molar-refractivity contribution in [1.82, 2.24) is 24.9 Å². The van der Waals surface area contributed by atoms with Gasteiger partial charge in [-0.15, -0.1) is 0 Å². The van der Waals surface area contributed by atoms with Crippen molar-refractivity contribution in [3.05, 3.63) is 65.1 Å². The van der Waals surface area contributed by atoms with Gasteiger partial charge in [0.25, 0.3) is 0 Å². The lowest BCUT2D eigenvalue weighted by Crippen LogP contribution is -2.56. The van der Waals surface area contributed by atoms with E-state index in [1.807, 2.05) is 0 Å². The predicted octanol–water partition coefficient (Wildman–Crippen LogP) is 5.20. The van der Waals surface area contributed by atoms with E-state index >= 15 is 13.2 Å². The van der Waals surface area contributed by atoms with Crippen LogP contribution in [0.5, 0.6) is 0 Å². The van der Waals surface area contributed by atoms with Crippen LogP contribution in [0.3, 0.4) is 0 Å². The lowest BCUT2D eigenvalue weighted by Gasteiger charge is -2.44. The standard InChI is InChI=1S/C41H50F6N8O6S/c1-40(58)14-3-15-55(23-40)37-30(41(45,46)47)19-48-39(51-37)49-32-11-8-27(18-31(32)42)62(59,60)52-25-6-4-24(5-7-25)20-53-16-17-54(21-26(53)22-61-2)33-12-9-28(35(43)36(33)44)29-10-13-34(56)50-38(29)57/h8-9,11-12,18-19,24-26,29,52,58H,3-7,10,13-17,20-23H2,1-2H3,(H,48,49,51)(H,50,56,57)/t24?,25?,26-,29?,40+/m1/s1. The molecule has 4 aliphatic rings. The number of piperazine rings is 1. The number of aromatic nitrogens is 2. The van der Waals surface area contributed by atoms with Crippen molar-refractivity contribution in [3.63, 3.8) is 0 Å². The molecule has 62 heavy (non-hydrogen) atoms. The Morgan fingerprint density at radius 2 is 1.76 bits per heavy atom. The Morgan fingerprint density at radius 3 is 2.44 bits per heavy atom. The molecule has 4 fully saturated rings. The molecule has 14 nitrogen and oxygen atoms in total. The van der Waals surface area contributed by atoms with Crippen LogP contribution in [0.25, 0.3) is 0 Å². The topological polar surface area (TPSA) is 169 Å². The summed E-state index contributed by atoms with van der Waals surface area (Å²) < 4.78 is 123. The van der Waals surface area contributed by atoms with E-state index < -0.39 is 74.4 Å². The van der Waals surface area contributed by atoms with Gasteiger partial charge in [-0.2, -0.15) is 18.2 Å². The number of methoxy groups -OCH3 is 1. The summed E-state index contributed by atoms with van der Waals surface area (Å²) in [6, 6.07) is 5.43. The van der Waals surface area contributed by atoms with Crippen LogP contribution >= 0.6 is 0 Å². The third kappa shape index (κ3) is 10.3. The number of hydrogen-bond acceptors (Lipinski definition) is 12. The molecule has 1 unspecified atom stereocenters. The molecule has 2 aromatic carbocycles. The Labute approximate surface area is 355 Å². The summed E-state index contributed by atoms with van der Waals surface area (Å²) in [5, 5.41) is 15.2. The van der Waals surface area contributed by atoms with Crippen molar-refractivity contribution >= 4 is 45.0 Å². The second kappa shape index (κ2) is 18.3. The van der Waals surface area contributed by atoms with E-state index in [-0.39, 0.29) is 65.7 Å². The number of halogens is 6. The highest BCUT2D eigenvalue weighted by Crippen LogP contribution is 2.39. The molecule has 1 aromatic heterocycles. The van der Waals surface area contributed by atoms with Crippen LogP contribution in [-0.4, -0.2) is 111 Å². The van der Waals surface area contributed by atoms with Gasteiger partial charge < -0.3 is 25.0 Å². The number of hydrogen-bond donors (Lipinski definition) is 4. The molecule has 1 saturated carbocycles. The molecule has 1 aliphatic carbocycles. The molecule has 338 valence electrons. The molecule has 2 amide bonds. The summed E-state index contributed by atoms with van der Waals surface area (Å²) in [6.07, 6.45) is -0.825. The van der Waals surface area contributed by atoms with Gasteiger partial charge >= 0.3 is 6.18 Å². The fourth-order valence-corrected chi connectivity index (χ4v) is 10.3. The van der Waals surface area contributed by atoms with Gasteiger partial charge in [-0.3, -0.25) is 19.8 Å². The smallest absolute Gasteiger partial charge is 0.388 e. The molecule has 3 saturated heterocycles. The van der Waals surface area contributed by atoms with Crippen molar-refractivity contribution in [3.8, 4) is 0 Å². The first-order valence-corrected chi connectivity index (χ1v) is 22.1. The van der Waals surface area contributed by atoms with Crippen LogP contribution < -0.4 is 25.2 Å². The largest absolute Gasteiger partial charge is 0.421 e. The Hall–Kier alpha value is -4.57. The van der Waals surface area contributed by atoms with Crippen LogP contribution in [0.2, 0.25) is 0 Å². The number of aliphatic hydroxyl groups is 1. The number of amides is 2. The van der Waals surface area contributed by atoms with Crippen molar-refractivity contribution in [1.29, 1.82) is 0 Å². The SMILES string of the molecule is COC[C@H]1CN(c2ccc(C3CCC(=O)NC3=O)c(F)c2F)CCN1CC1CCC(NS(=O)(=O)c2ccc(Nc3ncc(C(F)(F)F)c(N4CCC[C@](C)(O)C4)n3)c(F)c2)CC1. The average molecular weight is 897 g/mol. The molecule has 4 heterocycles. The first kappa shape index (κ1) is 45.5. The second-order valence-corrected chi connectivity index (χ2v) is 18.6. The van der Waals surface area contributed by atoms with Gasteiger partial charge in [0.15, 0.2) is 11.6 Å². The minimum atomic E-state index is -4.79. The monoisotopic (exact) mass is 896 g/mol. The number of β-amino-alcohol motifs (C(OH)–C–C–N with tert-alkyl or cyclic N) is 1. The van der Waals surface area contributed by atoms with Gasteiger partial charge in [0.2, 0.25) is 27.8 Å². The second-order valence-electron chi connectivity index (χ2n) is 16.9. The van der Waals surface area contributed by atoms with E-state index in [2.05, 4.69) is 30.2 Å². The molecular formula is C41H50F6N8O6S. The molecular weight excluding hydrogens is 847 g/mol. The zero-order chi connectivity index (χ0) is 44.6. The van der Waals surface area contributed by atoms with Gasteiger partial charge in [0, 0.05) is 70.6 Å². The summed E-state index contributed by atoms with van der Waals surface area (Å²) in [4.78, 5) is 36.6. The fourth-order valence-electron chi connectivity index (χ4n) is 9.00. The maximum absolute atomic E-state index is 15.5. The number of imide groups is 1. The number of benzene rings is 2. The van der Waals surface area contributed by atoms with Gasteiger partial charge in [0.05, 0.1) is 40.4 Å². The zero-order valence-corrected chi connectivity index (χ0v) is 35.1. The van der Waals surface area contributed by atoms with E-state index in [0.717, 1.165) is 12.1 Å².